The highest BCUT2D eigenvalue weighted by Gasteiger charge is 2.15. The Balaban J connectivity index is 2.04. The third-order valence-corrected chi connectivity index (χ3v) is 3.48. The molecule has 2 aromatic carbocycles. The van der Waals surface area contributed by atoms with Crippen LogP contribution in [-0.2, 0) is 16.0 Å². The lowest BCUT2D eigenvalue weighted by atomic mass is 9.97. The molecule has 0 amide bonds. The van der Waals surface area contributed by atoms with Gasteiger partial charge >= 0.3 is 5.97 Å². The summed E-state index contributed by atoms with van der Waals surface area (Å²) in [4.78, 5) is 23.9. The van der Waals surface area contributed by atoms with Gasteiger partial charge in [-0.15, -0.1) is 0 Å². The average molecular weight is 296 g/mol. The van der Waals surface area contributed by atoms with E-state index >= 15 is 0 Å². The van der Waals surface area contributed by atoms with Gasteiger partial charge in [-0.1, -0.05) is 61.5 Å². The lowest BCUT2D eigenvalue weighted by Crippen LogP contribution is -2.16. The number of esters is 1. The van der Waals surface area contributed by atoms with Crippen molar-refractivity contribution in [3.8, 4) is 0 Å². The van der Waals surface area contributed by atoms with Crippen LogP contribution in [0.4, 0.5) is 0 Å². The molecule has 0 N–H and O–H groups in total. The van der Waals surface area contributed by atoms with Gasteiger partial charge in [0.2, 0.25) is 0 Å². The molecule has 0 heterocycles. The lowest BCUT2D eigenvalue weighted by molar-refractivity contribution is -0.147. The van der Waals surface area contributed by atoms with E-state index in [-0.39, 0.29) is 17.7 Å². The van der Waals surface area contributed by atoms with Crippen LogP contribution in [0.2, 0.25) is 0 Å². The molecule has 114 valence electrons. The zero-order valence-electron chi connectivity index (χ0n) is 12.9. The van der Waals surface area contributed by atoms with E-state index in [1.165, 1.54) is 0 Å². The fraction of sp³-hybridized carbons (Fsp3) is 0.263. The number of carbonyl (C=O) groups is 2. The van der Waals surface area contributed by atoms with E-state index in [2.05, 4.69) is 0 Å². The fourth-order valence-corrected chi connectivity index (χ4v) is 2.27. The maximum Gasteiger partial charge on any atom is 0.308 e. The van der Waals surface area contributed by atoms with Crippen molar-refractivity contribution in [3.05, 3.63) is 71.3 Å². The summed E-state index contributed by atoms with van der Waals surface area (Å²) in [5, 5.41) is 0. The highest BCUT2D eigenvalue weighted by atomic mass is 16.5. The molecule has 0 fully saturated rings. The maximum absolute atomic E-state index is 12.3. The molecule has 3 heteroatoms. The standard InChI is InChI=1S/C19H20O3/c1-3-22-19(21)14(2)13-15-9-11-17(12-10-15)18(20)16-7-5-4-6-8-16/h4-12,14H,3,13H2,1-2H3/t14-/m1/s1. The number of hydrogen-bond acceptors (Lipinski definition) is 3. The van der Waals surface area contributed by atoms with Crippen LogP contribution in [0.5, 0.6) is 0 Å². The minimum Gasteiger partial charge on any atom is -0.466 e. The first-order valence-corrected chi connectivity index (χ1v) is 7.47. The Morgan fingerprint density at radius 2 is 1.55 bits per heavy atom. The van der Waals surface area contributed by atoms with Gasteiger partial charge in [0.15, 0.2) is 5.78 Å². The fourth-order valence-electron chi connectivity index (χ4n) is 2.27. The van der Waals surface area contributed by atoms with Crippen LogP contribution in [-0.4, -0.2) is 18.4 Å². The second-order valence-electron chi connectivity index (χ2n) is 5.25. The van der Waals surface area contributed by atoms with E-state index in [1.807, 2.05) is 49.4 Å². The van der Waals surface area contributed by atoms with Gasteiger partial charge in [-0.3, -0.25) is 9.59 Å². The van der Waals surface area contributed by atoms with E-state index in [0.717, 1.165) is 5.56 Å². The number of ketones is 1. The summed E-state index contributed by atoms with van der Waals surface area (Å²) in [6, 6.07) is 16.6. The molecule has 0 unspecified atom stereocenters. The molecule has 0 aliphatic rings. The van der Waals surface area contributed by atoms with E-state index in [1.54, 1.807) is 19.1 Å². The summed E-state index contributed by atoms with van der Waals surface area (Å²) in [5.41, 5.74) is 2.35. The number of hydrogen-bond donors (Lipinski definition) is 0. The van der Waals surface area contributed by atoms with Crippen molar-refractivity contribution in [2.24, 2.45) is 5.92 Å². The molecule has 0 aliphatic carbocycles. The van der Waals surface area contributed by atoms with Gasteiger partial charge in [0, 0.05) is 11.1 Å². The Hall–Kier alpha value is -2.42. The first kappa shape index (κ1) is 16.0. The molecule has 2 aromatic rings. The van der Waals surface area contributed by atoms with Crippen LogP contribution in [0.15, 0.2) is 54.6 Å². The van der Waals surface area contributed by atoms with Gasteiger partial charge in [-0.2, -0.15) is 0 Å². The summed E-state index contributed by atoms with van der Waals surface area (Å²) in [7, 11) is 0. The molecular formula is C19H20O3. The van der Waals surface area contributed by atoms with Crippen LogP contribution in [0, 0.1) is 5.92 Å². The minimum atomic E-state index is -0.188. The zero-order valence-corrected chi connectivity index (χ0v) is 12.9. The Kier molecular flexibility index (Phi) is 5.48. The smallest absolute Gasteiger partial charge is 0.308 e. The molecule has 3 nitrogen and oxygen atoms in total. The van der Waals surface area contributed by atoms with Crippen molar-refractivity contribution in [1.29, 1.82) is 0 Å². The van der Waals surface area contributed by atoms with Gasteiger partial charge in [0.05, 0.1) is 12.5 Å². The number of ether oxygens (including phenoxy) is 1. The average Bonchev–Trinajstić information content (AvgIpc) is 2.56. The highest BCUT2D eigenvalue weighted by molar-refractivity contribution is 6.08. The van der Waals surface area contributed by atoms with Crippen LogP contribution in [0.25, 0.3) is 0 Å². The normalized spacial score (nSPS) is 11.7. The molecular weight excluding hydrogens is 276 g/mol. The van der Waals surface area contributed by atoms with E-state index in [9.17, 15) is 9.59 Å². The van der Waals surface area contributed by atoms with Crippen LogP contribution in [0.3, 0.4) is 0 Å². The molecule has 22 heavy (non-hydrogen) atoms. The van der Waals surface area contributed by atoms with Crippen molar-refractivity contribution in [2.75, 3.05) is 6.61 Å². The molecule has 0 radical (unpaired) electrons. The predicted octanol–water partition coefficient (Wildman–Crippen LogP) is 3.66. The van der Waals surface area contributed by atoms with E-state index in [4.69, 9.17) is 4.74 Å². The van der Waals surface area contributed by atoms with E-state index < -0.39 is 0 Å². The lowest BCUT2D eigenvalue weighted by Gasteiger charge is -2.10. The van der Waals surface area contributed by atoms with Crippen molar-refractivity contribution in [2.45, 2.75) is 20.3 Å². The van der Waals surface area contributed by atoms with Gasteiger partial charge in [0.25, 0.3) is 0 Å². The first-order valence-electron chi connectivity index (χ1n) is 7.47. The minimum absolute atomic E-state index is 0.00518. The summed E-state index contributed by atoms with van der Waals surface area (Å²) < 4.78 is 5.00. The molecule has 0 saturated carbocycles. The van der Waals surface area contributed by atoms with Gasteiger partial charge < -0.3 is 4.74 Å². The van der Waals surface area contributed by atoms with E-state index in [0.29, 0.717) is 24.2 Å². The molecule has 0 bridgehead atoms. The predicted molar refractivity (Wildman–Crippen MR) is 85.8 cm³/mol. The van der Waals surface area contributed by atoms with Gasteiger partial charge in [-0.25, -0.2) is 0 Å². The monoisotopic (exact) mass is 296 g/mol. The van der Waals surface area contributed by atoms with Crippen LogP contribution < -0.4 is 0 Å². The zero-order chi connectivity index (χ0) is 15.9. The maximum atomic E-state index is 12.3. The number of rotatable bonds is 6. The third-order valence-electron chi connectivity index (χ3n) is 3.48. The van der Waals surface area contributed by atoms with Gasteiger partial charge in [0.1, 0.15) is 0 Å². The van der Waals surface area contributed by atoms with Crippen molar-refractivity contribution >= 4 is 11.8 Å². The molecule has 2 rings (SSSR count). The summed E-state index contributed by atoms with van der Waals surface area (Å²) in [6.45, 7) is 4.04. The van der Waals surface area contributed by atoms with Crippen molar-refractivity contribution < 1.29 is 14.3 Å². The Morgan fingerprint density at radius 1 is 0.955 bits per heavy atom. The largest absolute Gasteiger partial charge is 0.466 e. The summed E-state index contributed by atoms with van der Waals surface area (Å²) in [6.07, 6.45) is 0.610. The van der Waals surface area contributed by atoms with Crippen LogP contribution >= 0.6 is 0 Å². The SMILES string of the molecule is CCOC(=O)[C@H](C)Cc1ccc(C(=O)c2ccccc2)cc1. The number of benzene rings is 2. The number of carbonyl (C=O) groups excluding carboxylic acids is 2. The molecule has 0 saturated heterocycles. The third kappa shape index (κ3) is 4.04. The summed E-state index contributed by atoms with van der Waals surface area (Å²) >= 11 is 0. The molecule has 1 atom stereocenters. The second-order valence-corrected chi connectivity index (χ2v) is 5.25. The topological polar surface area (TPSA) is 43.4 Å². The molecule has 0 spiro atoms. The second kappa shape index (κ2) is 7.55. The van der Waals surface area contributed by atoms with Crippen molar-refractivity contribution in [3.63, 3.8) is 0 Å². The molecule has 0 aliphatic heterocycles. The Labute approximate surface area is 130 Å². The first-order chi connectivity index (χ1) is 10.6. The summed E-state index contributed by atoms with van der Waals surface area (Å²) in [5.74, 6) is -0.367. The molecule has 0 aromatic heterocycles. The van der Waals surface area contributed by atoms with Gasteiger partial charge in [-0.05, 0) is 18.9 Å². The Bertz CT molecular complexity index is 629. The van der Waals surface area contributed by atoms with Crippen LogP contribution in [0.1, 0.15) is 35.3 Å². The quantitative estimate of drug-likeness (QED) is 0.603. The van der Waals surface area contributed by atoms with Crippen molar-refractivity contribution in [1.82, 2.24) is 0 Å². The Morgan fingerprint density at radius 3 is 2.14 bits per heavy atom. The highest BCUT2D eigenvalue weighted by Crippen LogP contribution is 2.14.